The molecule has 1 fully saturated rings. The molecule has 24 heavy (non-hydrogen) atoms. The van der Waals surface area contributed by atoms with Crippen LogP contribution >= 0.6 is 0 Å². The summed E-state index contributed by atoms with van der Waals surface area (Å²) in [7, 11) is -1.28. The summed E-state index contributed by atoms with van der Waals surface area (Å²) in [5.41, 5.74) is 0.221. The van der Waals surface area contributed by atoms with Crippen LogP contribution < -0.4 is 10.6 Å². The van der Waals surface area contributed by atoms with E-state index in [1.54, 1.807) is 7.05 Å². The third kappa shape index (κ3) is 5.72. The number of halogens is 2. The number of hydrogen-bond acceptors (Lipinski definition) is 4. The molecule has 0 saturated carbocycles. The first-order valence-corrected chi connectivity index (χ1v) is 9.53. The number of nitrogens with zero attached hydrogens (tertiary/aromatic N) is 2. The summed E-state index contributed by atoms with van der Waals surface area (Å²) in [6.45, 7) is 2.44. The predicted octanol–water partition coefficient (Wildman–Crippen LogP) is 0.360. The monoisotopic (exact) mass is 360 g/mol. The van der Waals surface area contributed by atoms with Crippen molar-refractivity contribution >= 4 is 15.8 Å². The summed E-state index contributed by atoms with van der Waals surface area (Å²) in [6, 6.07) is 3.31. The van der Waals surface area contributed by atoms with E-state index in [9.17, 15) is 17.2 Å². The Bertz CT molecular complexity index is 681. The molecule has 0 radical (unpaired) electrons. The van der Waals surface area contributed by atoms with E-state index in [-0.39, 0.29) is 23.6 Å². The van der Waals surface area contributed by atoms with Gasteiger partial charge in [0.15, 0.2) is 15.8 Å². The maximum Gasteiger partial charge on any atom is 0.191 e. The second-order valence-corrected chi connectivity index (χ2v) is 7.89. The van der Waals surface area contributed by atoms with E-state index in [4.69, 9.17) is 0 Å². The second kappa shape index (κ2) is 8.39. The van der Waals surface area contributed by atoms with Crippen molar-refractivity contribution in [1.82, 2.24) is 15.5 Å². The van der Waals surface area contributed by atoms with Gasteiger partial charge in [0, 0.05) is 45.3 Å². The van der Waals surface area contributed by atoms with E-state index in [0.717, 1.165) is 18.2 Å². The summed E-state index contributed by atoms with van der Waals surface area (Å²) in [5, 5.41) is 6.00. The first-order valence-electron chi connectivity index (χ1n) is 7.71. The lowest BCUT2D eigenvalue weighted by molar-refractivity contribution is 0.299. The van der Waals surface area contributed by atoms with Gasteiger partial charge >= 0.3 is 0 Å². The Labute approximate surface area is 140 Å². The van der Waals surface area contributed by atoms with Crippen LogP contribution in [0.25, 0.3) is 0 Å². The molecule has 1 aliphatic heterocycles. The van der Waals surface area contributed by atoms with Gasteiger partial charge in [-0.2, -0.15) is 0 Å². The Kier molecular flexibility index (Phi) is 6.50. The van der Waals surface area contributed by atoms with Crippen LogP contribution in [-0.4, -0.2) is 64.0 Å². The third-order valence-electron chi connectivity index (χ3n) is 3.84. The van der Waals surface area contributed by atoms with Crippen molar-refractivity contribution < 1.29 is 17.2 Å². The van der Waals surface area contributed by atoms with Gasteiger partial charge in [0.1, 0.15) is 11.6 Å². The van der Waals surface area contributed by atoms with E-state index in [2.05, 4.69) is 20.5 Å². The van der Waals surface area contributed by atoms with Gasteiger partial charge in [-0.15, -0.1) is 0 Å². The van der Waals surface area contributed by atoms with E-state index < -0.39 is 21.5 Å². The zero-order valence-electron chi connectivity index (χ0n) is 13.6. The second-order valence-electron chi connectivity index (χ2n) is 5.58. The lowest BCUT2D eigenvalue weighted by Gasteiger charge is -2.26. The lowest BCUT2D eigenvalue weighted by atomic mass is 10.2. The molecule has 0 amide bonds. The molecule has 1 aliphatic rings. The van der Waals surface area contributed by atoms with Crippen LogP contribution in [0.4, 0.5) is 8.78 Å². The molecule has 0 aromatic heterocycles. The summed E-state index contributed by atoms with van der Waals surface area (Å²) in [4.78, 5) is 6.09. The fraction of sp³-hybridized carbons (Fsp3) is 0.533. The highest BCUT2D eigenvalue weighted by Gasteiger charge is 2.20. The molecule has 0 bridgehead atoms. The number of hydrogen-bond donors (Lipinski definition) is 2. The average Bonchev–Trinajstić information content (AvgIpc) is 2.55. The van der Waals surface area contributed by atoms with E-state index in [1.165, 1.54) is 0 Å². The van der Waals surface area contributed by atoms with Crippen molar-refractivity contribution in [3.8, 4) is 0 Å². The molecule has 1 saturated heterocycles. The maximum atomic E-state index is 13.6. The molecule has 1 aromatic rings. The quantitative estimate of drug-likeness (QED) is 0.586. The van der Waals surface area contributed by atoms with Gasteiger partial charge in [0.2, 0.25) is 0 Å². The molecule has 9 heteroatoms. The van der Waals surface area contributed by atoms with Gasteiger partial charge in [0.05, 0.1) is 11.5 Å². The summed E-state index contributed by atoms with van der Waals surface area (Å²) < 4.78 is 49.4. The number of sulfone groups is 1. The van der Waals surface area contributed by atoms with E-state index >= 15 is 0 Å². The Balaban J connectivity index is 1.74. The van der Waals surface area contributed by atoms with Crippen molar-refractivity contribution in [2.45, 2.75) is 6.54 Å². The van der Waals surface area contributed by atoms with Crippen LogP contribution in [0.2, 0.25) is 0 Å². The molecule has 1 heterocycles. The highest BCUT2D eigenvalue weighted by atomic mass is 32.2. The molecule has 2 N–H and O–H groups in total. The number of guanidine groups is 1. The standard InChI is InChI=1S/C15H22F2N4O2S/c1-18-15(20-11-12-10-13(16)2-3-14(12)17)19-4-5-21-6-8-24(22,23)9-7-21/h2-3,10H,4-9,11H2,1H3,(H2,18,19,20). The minimum Gasteiger partial charge on any atom is -0.355 e. The third-order valence-corrected chi connectivity index (χ3v) is 5.44. The highest BCUT2D eigenvalue weighted by Crippen LogP contribution is 2.09. The maximum absolute atomic E-state index is 13.6. The summed E-state index contributed by atoms with van der Waals surface area (Å²) in [5.74, 6) is -0.106. The number of aliphatic imine (C=N–C) groups is 1. The Hall–Kier alpha value is -1.74. The molecule has 134 valence electrons. The van der Waals surface area contributed by atoms with Crippen LogP contribution in [0.3, 0.4) is 0 Å². The largest absolute Gasteiger partial charge is 0.355 e. The predicted molar refractivity (Wildman–Crippen MR) is 89.7 cm³/mol. The number of nitrogens with one attached hydrogen (secondary N) is 2. The van der Waals surface area contributed by atoms with Crippen LogP contribution in [0.15, 0.2) is 23.2 Å². The van der Waals surface area contributed by atoms with Crippen molar-refractivity contribution in [2.75, 3.05) is 44.7 Å². The van der Waals surface area contributed by atoms with Crippen LogP contribution in [0.1, 0.15) is 5.56 Å². The average molecular weight is 360 g/mol. The molecular formula is C15H22F2N4O2S. The van der Waals surface area contributed by atoms with E-state index in [0.29, 0.717) is 32.1 Å². The normalized spacial score (nSPS) is 18.4. The topological polar surface area (TPSA) is 73.8 Å². The molecule has 0 unspecified atom stereocenters. The van der Waals surface area contributed by atoms with Crippen molar-refractivity contribution in [3.05, 3.63) is 35.4 Å². The number of benzene rings is 1. The molecule has 0 atom stereocenters. The molecular weight excluding hydrogens is 338 g/mol. The lowest BCUT2D eigenvalue weighted by Crippen LogP contribution is -2.45. The van der Waals surface area contributed by atoms with Crippen molar-refractivity contribution in [3.63, 3.8) is 0 Å². The van der Waals surface area contributed by atoms with Gasteiger partial charge in [0.25, 0.3) is 0 Å². The minimum absolute atomic E-state index is 0.116. The van der Waals surface area contributed by atoms with Crippen LogP contribution in [0.5, 0.6) is 0 Å². The minimum atomic E-state index is -2.87. The number of rotatable bonds is 5. The molecule has 6 nitrogen and oxygen atoms in total. The first-order chi connectivity index (χ1) is 11.4. The Morgan fingerprint density at radius 1 is 1.25 bits per heavy atom. The molecule has 0 aliphatic carbocycles. The van der Waals surface area contributed by atoms with Gasteiger partial charge in [-0.1, -0.05) is 0 Å². The smallest absolute Gasteiger partial charge is 0.191 e. The fourth-order valence-electron chi connectivity index (χ4n) is 2.38. The molecule has 2 rings (SSSR count). The van der Waals surface area contributed by atoms with Gasteiger partial charge in [-0.3, -0.25) is 9.89 Å². The van der Waals surface area contributed by atoms with Crippen molar-refractivity contribution in [1.29, 1.82) is 0 Å². The fourth-order valence-corrected chi connectivity index (χ4v) is 3.66. The molecule has 0 spiro atoms. The summed E-state index contributed by atoms with van der Waals surface area (Å²) >= 11 is 0. The Morgan fingerprint density at radius 3 is 2.62 bits per heavy atom. The van der Waals surface area contributed by atoms with Crippen LogP contribution in [0, 0.1) is 11.6 Å². The van der Waals surface area contributed by atoms with Gasteiger partial charge < -0.3 is 10.6 Å². The molecule has 1 aromatic carbocycles. The van der Waals surface area contributed by atoms with E-state index in [1.807, 2.05) is 0 Å². The highest BCUT2D eigenvalue weighted by molar-refractivity contribution is 7.91. The zero-order valence-corrected chi connectivity index (χ0v) is 14.4. The SMILES string of the molecule is CN=C(NCCN1CCS(=O)(=O)CC1)NCc1cc(F)ccc1F. The van der Waals surface area contributed by atoms with Crippen molar-refractivity contribution in [2.24, 2.45) is 4.99 Å². The zero-order chi connectivity index (χ0) is 17.6. The van der Waals surface area contributed by atoms with Crippen LogP contribution in [-0.2, 0) is 16.4 Å². The Morgan fingerprint density at radius 2 is 1.96 bits per heavy atom. The summed E-state index contributed by atoms with van der Waals surface area (Å²) in [6.07, 6.45) is 0. The van der Waals surface area contributed by atoms with Gasteiger partial charge in [-0.05, 0) is 18.2 Å². The van der Waals surface area contributed by atoms with Gasteiger partial charge in [-0.25, -0.2) is 17.2 Å². The first kappa shape index (κ1) is 18.6.